The number of aryl methyl sites for hydroxylation is 2. The molecule has 0 heterocycles. The Kier molecular flexibility index (Phi) is 5.85. The molecule has 0 aromatic heterocycles. The van der Waals surface area contributed by atoms with E-state index in [0.717, 1.165) is 15.4 Å². The predicted octanol–water partition coefficient (Wildman–Crippen LogP) is 3.02. The summed E-state index contributed by atoms with van der Waals surface area (Å²) in [5.41, 5.74) is 2.36. The van der Waals surface area contributed by atoms with Crippen molar-refractivity contribution in [1.29, 1.82) is 0 Å². The maximum atomic E-state index is 13.1. The number of hydrogen-bond donors (Lipinski definition) is 1. The number of carbonyl (C=O) groups is 1. The lowest BCUT2D eigenvalue weighted by molar-refractivity contribution is -0.120. The van der Waals surface area contributed by atoms with Gasteiger partial charge in [-0.05, 0) is 57.5 Å². The van der Waals surface area contributed by atoms with Crippen LogP contribution in [-0.2, 0) is 14.8 Å². The van der Waals surface area contributed by atoms with Gasteiger partial charge in [0.2, 0.25) is 5.91 Å². The Labute approximate surface area is 149 Å². The zero-order valence-electron chi connectivity index (χ0n) is 15.0. The molecule has 0 saturated heterocycles. The summed E-state index contributed by atoms with van der Waals surface area (Å²) < 4.78 is 27.4. The van der Waals surface area contributed by atoms with Crippen molar-refractivity contribution in [3.8, 4) is 0 Å². The fraction of sp³-hybridized carbons (Fsp3) is 0.316. The molecule has 0 aliphatic carbocycles. The molecule has 2 aromatic carbocycles. The highest BCUT2D eigenvalue weighted by Crippen LogP contribution is 2.24. The number of sulfonamides is 1. The van der Waals surface area contributed by atoms with E-state index in [1.165, 1.54) is 0 Å². The molecule has 25 heavy (non-hydrogen) atoms. The van der Waals surface area contributed by atoms with Crippen molar-refractivity contribution in [3.63, 3.8) is 0 Å². The van der Waals surface area contributed by atoms with Crippen molar-refractivity contribution < 1.29 is 13.2 Å². The maximum absolute atomic E-state index is 13.1. The van der Waals surface area contributed by atoms with Gasteiger partial charge in [0, 0.05) is 6.04 Å². The van der Waals surface area contributed by atoms with Crippen LogP contribution in [0.1, 0.15) is 25.0 Å². The molecule has 0 aliphatic rings. The van der Waals surface area contributed by atoms with Crippen LogP contribution >= 0.6 is 0 Å². The molecule has 1 amide bonds. The molecule has 1 N–H and O–H groups in total. The standard InChI is InChI=1S/C19H24N2O3S/c1-14(2)20-19(22)13-21(17-7-5-6-16(4)12-17)25(23,24)18-10-8-15(3)9-11-18/h5-12,14H,13H2,1-4H3,(H,20,22). The molecule has 0 unspecified atom stereocenters. The van der Waals surface area contributed by atoms with Crippen LogP contribution < -0.4 is 9.62 Å². The lowest BCUT2D eigenvalue weighted by Gasteiger charge is -2.25. The number of rotatable bonds is 6. The third kappa shape index (κ3) is 4.82. The molecule has 134 valence electrons. The summed E-state index contributed by atoms with van der Waals surface area (Å²) in [6.07, 6.45) is 0. The minimum absolute atomic E-state index is 0.0612. The molecule has 0 radical (unpaired) electrons. The second-order valence-electron chi connectivity index (χ2n) is 6.39. The zero-order valence-corrected chi connectivity index (χ0v) is 15.8. The molecular formula is C19H24N2O3S. The Hall–Kier alpha value is -2.34. The van der Waals surface area contributed by atoms with Gasteiger partial charge >= 0.3 is 0 Å². The number of anilines is 1. The first-order valence-electron chi connectivity index (χ1n) is 8.15. The van der Waals surface area contributed by atoms with Crippen LogP contribution in [0.25, 0.3) is 0 Å². The van der Waals surface area contributed by atoms with Crippen LogP contribution in [0.3, 0.4) is 0 Å². The number of benzene rings is 2. The highest BCUT2D eigenvalue weighted by molar-refractivity contribution is 7.92. The third-order valence-corrected chi connectivity index (χ3v) is 5.42. The smallest absolute Gasteiger partial charge is 0.264 e. The van der Waals surface area contributed by atoms with Gasteiger partial charge in [0.25, 0.3) is 10.0 Å². The minimum Gasteiger partial charge on any atom is -0.352 e. The van der Waals surface area contributed by atoms with Crippen LogP contribution in [0.15, 0.2) is 53.4 Å². The highest BCUT2D eigenvalue weighted by Gasteiger charge is 2.27. The van der Waals surface area contributed by atoms with Gasteiger partial charge in [0.1, 0.15) is 6.54 Å². The molecule has 0 spiro atoms. The molecule has 6 heteroatoms. The number of nitrogens with one attached hydrogen (secondary N) is 1. The molecular weight excluding hydrogens is 336 g/mol. The average Bonchev–Trinajstić information content (AvgIpc) is 2.52. The quantitative estimate of drug-likeness (QED) is 0.861. The van der Waals surface area contributed by atoms with E-state index in [1.54, 1.807) is 42.5 Å². The van der Waals surface area contributed by atoms with E-state index in [1.807, 2.05) is 33.8 Å². The van der Waals surface area contributed by atoms with E-state index in [4.69, 9.17) is 0 Å². The van der Waals surface area contributed by atoms with Gasteiger partial charge in [-0.3, -0.25) is 9.10 Å². The number of amides is 1. The first-order chi connectivity index (χ1) is 11.7. The monoisotopic (exact) mass is 360 g/mol. The van der Waals surface area contributed by atoms with E-state index in [2.05, 4.69) is 5.32 Å². The second kappa shape index (κ2) is 7.70. The van der Waals surface area contributed by atoms with Crippen LogP contribution in [0, 0.1) is 13.8 Å². The van der Waals surface area contributed by atoms with Crippen molar-refractivity contribution in [2.45, 2.75) is 38.6 Å². The average molecular weight is 360 g/mol. The Morgan fingerprint density at radius 1 is 1.04 bits per heavy atom. The molecule has 5 nitrogen and oxygen atoms in total. The summed E-state index contributed by atoms with van der Waals surface area (Å²) in [4.78, 5) is 12.4. The highest BCUT2D eigenvalue weighted by atomic mass is 32.2. The van der Waals surface area contributed by atoms with E-state index >= 15 is 0 Å². The normalized spacial score (nSPS) is 11.4. The number of nitrogens with zero attached hydrogens (tertiary/aromatic N) is 1. The van der Waals surface area contributed by atoms with E-state index in [0.29, 0.717) is 5.69 Å². The molecule has 0 saturated carbocycles. The third-order valence-electron chi connectivity index (χ3n) is 3.64. The Bertz CT molecular complexity index is 843. The zero-order chi connectivity index (χ0) is 18.6. The predicted molar refractivity (Wildman–Crippen MR) is 100 cm³/mol. The van der Waals surface area contributed by atoms with Crippen molar-refractivity contribution in [2.75, 3.05) is 10.8 Å². The van der Waals surface area contributed by atoms with E-state index in [-0.39, 0.29) is 23.4 Å². The van der Waals surface area contributed by atoms with Crippen LogP contribution in [-0.4, -0.2) is 26.9 Å². The van der Waals surface area contributed by atoms with Crippen LogP contribution in [0.4, 0.5) is 5.69 Å². The molecule has 0 bridgehead atoms. The molecule has 2 aromatic rings. The maximum Gasteiger partial charge on any atom is 0.264 e. The van der Waals surface area contributed by atoms with Gasteiger partial charge in [-0.2, -0.15) is 0 Å². The topological polar surface area (TPSA) is 66.5 Å². The van der Waals surface area contributed by atoms with E-state index < -0.39 is 10.0 Å². The lowest BCUT2D eigenvalue weighted by atomic mass is 10.2. The van der Waals surface area contributed by atoms with Crippen molar-refractivity contribution in [1.82, 2.24) is 5.32 Å². The summed E-state index contributed by atoms with van der Waals surface area (Å²) in [7, 11) is -3.85. The fourth-order valence-corrected chi connectivity index (χ4v) is 3.85. The summed E-state index contributed by atoms with van der Waals surface area (Å²) >= 11 is 0. The molecule has 0 fully saturated rings. The van der Waals surface area contributed by atoms with Gasteiger partial charge < -0.3 is 5.32 Å². The molecule has 2 rings (SSSR count). The van der Waals surface area contributed by atoms with Crippen LogP contribution in [0.5, 0.6) is 0 Å². The van der Waals surface area contributed by atoms with Crippen molar-refractivity contribution >= 4 is 21.6 Å². The first kappa shape index (κ1) is 19.0. The summed E-state index contributed by atoms with van der Waals surface area (Å²) in [5, 5.41) is 2.75. The summed E-state index contributed by atoms with van der Waals surface area (Å²) in [6, 6.07) is 13.7. The summed E-state index contributed by atoms with van der Waals surface area (Å²) in [5.74, 6) is -0.341. The fourth-order valence-electron chi connectivity index (χ4n) is 2.43. The van der Waals surface area contributed by atoms with Crippen molar-refractivity contribution in [2.24, 2.45) is 0 Å². The van der Waals surface area contributed by atoms with E-state index in [9.17, 15) is 13.2 Å². The molecule has 0 atom stereocenters. The van der Waals surface area contributed by atoms with Crippen molar-refractivity contribution in [3.05, 3.63) is 59.7 Å². The SMILES string of the molecule is Cc1ccc(S(=O)(=O)N(CC(=O)NC(C)C)c2cccc(C)c2)cc1. The van der Waals surface area contributed by atoms with Crippen LogP contribution in [0.2, 0.25) is 0 Å². The lowest BCUT2D eigenvalue weighted by Crippen LogP contribution is -2.42. The van der Waals surface area contributed by atoms with Gasteiger partial charge in [-0.1, -0.05) is 29.8 Å². The number of hydrogen-bond acceptors (Lipinski definition) is 3. The van der Waals surface area contributed by atoms with Gasteiger partial charge in [-0.25, -0.2) is 8.42 Å². The summed E-state index contributed by atoms with van der Waals surface area (Å²) in [6.45, 7) is 7.18. The Balaban J connectivity index is 2.46. The second-order valence-corrected chi connectivity index (χ2v) is 8.25. The largest absolute Gasteiger partial charge is 0.352 e. The minimum atomic E-state index is -3.85. The van der Waals surface area contributed by atoms with Gasteiger partial charge in [0.15, 0.2) is 0 Å². The Morgan fingerprint density at radius 2 is 1.68 bits per heavy atom. The van der Waals surface area contributed by atoms with Gasteiger partial charge in [-0.15, -0.1) is 0 Å². The molecule has 0 aliphatic heterocycles. The first-order valence-corrected chi connectivity index (χ1v) is 9.59. The van der Waals surface area contributed by atoms with Gasteiger partial charge in [0.05, 0.1) is 10.6 Å². The number of carbonyl (C=O) groups excluding carboxylic acids is 1. The Morgan fingerprint density at radius 3 is 2.24 bits per heavy atom.